The van der Waals surface area contributed by atoms with Crippen LogP contribution in [0.2, 0.25) is 0 Å². The Hall–Kier alpha value is -1.86. The Morgan fingerprint density at radius 2 is 1.92 bits per heavy atom. The minimum absolute atomic E-state index is 0.0744. The van der Waals surface area contributed by atoms with Gasteiger partial charge in [0.05, 0.1) is 23.1 Å². The fraction of sp³-hybridized carbons (Fsp3) is 0.471. The van der Waals surface area contributed by atoms with E-state index in [9.17, 15) is 4.79 Å². The third kappa shape index (κ3) is 3.96. The number of aromatic nitrogens is 3. The molecule has 1 aromatic carbocycles. The van der Waals surface area contributed by atoms with E-state index in [2.05, 4.69) is 10.1 Å². The van der Waals surface area contributed by atoms with Crippen molar-refractivity contribution in [2.24, 2.45) is 0 Å². The number of carbonyl (C=O) groups is 1. The molecule has 1 aromatic heterocycles. The lowest BCUT2D eigenvalue weighted by Crippen LogP contribution is -2.50. The zero-order chi connectivity index (χ0) is 17.1. The van der Waals surface area contributed by atoms with Gasteiger partial charge in [-0.25, -0.2) is 9.67 Å². The second-order valence-electron chi connectivity index (χ2n) is 6.07. The molecule has 6 nitrogen and oxygen atoms in total. The number of rotatable bonds is 4. The standard InChI is InChI=1S/C17H22N4O2S/c1-12-9-20(10-13(2)23-12)16(22)14(3)24-17-18-11-21(19-17)15-7-5-4-6-8-15/h4-8,11-14H,9-10H2,1-3H3/t12-,13-,14-/m1/s1. The molecule has 0 radical (unpaired) electrons. The maximum Gasteiger partial charge on any atom is 0.236 e. The molecule has 128 valence electrons. The Labute approximate surface area is 146 Å². The number of para-hydroxylation sites is 1. The smallest absolute Gasteiger partial charge is 0.236 e. The van der Waals surface area contributed by atoms with E-state index < -0.39 is 0 Å². The van der Waals surface area contributed by atoms with Crippen LogP contribution in [0.25, 0.3) is 5.69 Å². The second kappa shape index (κ2) is 7.36. The van der Waals surface area contributed by atoms with Crippen molar-refractivity contribution in [2.45, 2.75) is 43.4 Å². The summed E-state index contributed by atoms with van der Waals surface area (Å²) in [6, 6.07) is 9.80. The first-order valence-corrected chi connectivity index (χ1v) is 8.99. The highest BCUT2D eigenvalue weighted by atomic mass is 32.2. The van der Waals surface area contributed by atoms with Gasteiger partial charge in [0.2, 0.25) is 11.1 Å². The molecular weight excluding hydrogens is 324 g/mol. The highest BCUT2D eigenvalue weighted by molar-refractivity contribution is 8.00. The van der Waals surface area contributed by atoms with Gasteiger partial charge in [-0.3, -0.25) is 4.79 Å². The molecule has 0 spiro atoms. The molecule has 3 rings (SSSR count). The molecule has 3 atom stereocenters. The molecule has 0 N–H and O–H groups in total. The highest BCUT2D eigenvalue weighted by Crippen LogP contribution is 2.23. The first-order valence-electron chi connectivity index (χ1n) is 8.11. The van der Waals surface area contributed by atoms with Crippen LogP contribution < -0.4 is 0 Å². The molecule has 24 heavy (non-hydrogen) atoms. The summed E-state index contributed by atoms with van der Waals surface area (Å²) in [4.78, 5) is 18.8. The van der Waals surface area contributed by atoms with Gasteiger partial charge in [0.1, 0.15) is 6.33 Å². The molecule has 1 saturated heterocycles. The minimum Gasteiger partial charge on any atom is -0.372 e. The average Bonchev–Trinajstić information content (AvgIpc) is 3.02. The van der Waals surface area contributed by atoms with Crippen LogP contribution in [0.1, 0.15) is 20.8 Å². The maximum atomic E-state index is 12.7. The Balaban J connectivity index is 1.63. The largest absolute Gasteiger partial charge is 0.372 e. The van der Waals surface area contributed by atoms with E-state index in [1.807, 2.05) is 56.0 Å². The fourth-order valence-electron chi connectivity index (χ4n) is 2.83. The highest BCUT2D eigenvalue weighted by Gasteiger charge is 2.29. The summed E-state index contributed by atoms with van der Waals surface area (Å²) in [6.45, 7) is 7.18. The molecule has 0 unspecified atom stereocenters. The molecule has 2 heterocycles. The molecule has 1 aliphatic heterocycles. The van der Waals surface area contributed by atoms with Crippen LogP contribution in [0.5, 0.6) is 0 Å². The monoisotopic (exact) mass is 346 g/mol. The van der Waals surface area contributed by atoms with Gasteiger partial charge < -0.3 is 9.64 Å². The van der Waals surface area contributed by atoms with E-state index in [-0.39, 0.29) is 23.4 Å². The van der Waals surface area contributed by atoms with Crippen molar-refractivity contribution in [3.8, 4) is 5.69 Å². The Morgan fingerprint density at radius 1 is 1.25 bits per heavy atom. The summed E-state index contributed by atoms with van der Waals surface area (Å²) >= 11 is 1.39. The van der Waals surface area contributed by atoms with Crippen molar-refractivity contribution in [3.05, 3.63) is 36.7 Å². The summed E-state index contributed by atoms with van der Waals surface area (Å²) in [7, 11) is 0. The Bertz CT molecular complexity index is 681. The molecule has 2 aromatic rings. The summed E-state index contributed by atoms with van der Waals surface area (Å²) in [5.41, 5.74) is 0.951. The van der Waals surface area contributed by atoms with Crippen LogP contribution >= 0.6 is 11.8 Å². The predicted molar refractivity (Wildman–Crippen MR) is 93.3 cm³/mol. The molecule has 7 heteroatoms. The number of benzene rings is 1. The average molecular weight is 346 g/mol. The van der Waals surface area contributed by atoms with Crippen LogP contribution in [-0.2, 0) is 9.53 Å². The van der Waals surface area contributed by atoms with Gasteiger partial charge in [0, 0.05) is 13.1 Å². The van der Waals surface area contributed by atoms with Gasteiger partial charge in [0.15, 0.2) is 0 Å². The quantitative estimate of drug-likeness (QED) is 0.796. The molecule has 0 bridgehead atoms. The van der Waals surface area contributed by atoms with Gasteiger partial charge >= 0.3 is 0 Å². The van der Waals surface area contributed by atoms with Crippen LogP contribution in [0.3, 0.4) is 0 Å². The number of carbonyl (C=O) groups excluding carboxylic acids is 1. The van der Waals surface area contributed by atoms with Gasteiger partial charge in [-0.15, -0.1) is 5.10 Å². The molecular formula is C17H22N4O2S. The fourth-order valence-corrected chi connectivity index (χ4v) is 3.64. The third-order valence-electron chi connectivity index (χ3n) is 3.85. The third-order valence-corrected chi connectivity index (χ3v) is 4.81. The summed E-state index contributed by atoms with van der Waals surface area (Å²) < 4.78 is 7.41. The second-order valence-corrected chi connectivity index (χ2v) is 7.38. The van der Waals surface area contributed by atoms with Crippen molar-refractivity contribution in [3.63, 3.8) is 0 Å². The van der Waals surface area contributed by atoms with Crippen LogP contribution in [0.15, 0.2) is 41.8 Å². The number of hydrogen-bond donors (Lipinski definition) is 0. The zero-order valence-electron chi connectivity index (χ0n) is 14.1. The van der Waals surface area contributed by atoms with Crippen LogP contribution in [-0.4, -0.2) is 56.1 Å². The van der Waals surface area contributed by atoms with Crippen LogP contribution in [0, 0.1) is 0 Å². The Kier molecular flexibility index (Phi) is 5.20. The summed E-state index contributed by atoms with van der Waals surface area (Å²) in [5, 5.41) is 4.83. The van der Waals surface area contributed by atoms with Gasteiger partial charge in [-0.2, -0.15) is 0 Å². The van der Waals surface area contributed by atoms with E-state index in [0.717, 1.165) is 5.69 Å². The lowest BCUT2D eigenvalue weighted by molar-refractivity contribution is -0.142. The SMILES string of the molecule is C[C@@H]1CN(C(=O)[C@@H](C)Sc2ncn(-c3ccccc3)n2)C[C@@H](C)O1. The topological polar surface area (TPSA) is 60.2 Å². The van der Waals surface area contributed by atoms with E-state index >= 15 is 0 Å². The first-order chi connectivity index (χ1) is 11.5. The lowest BCUT2D eigenvalue weighted by atomic mass is 10.2. The summed E-state index contributed by atoms with van der Waals surface area (Å²) in [6.07, 6.45) is 1.82. The van der Waals surface area contributed by atoms with Crippen molar-refractivity contribution >= 4 is 17.7 Å². The molecule has 0 aliphatic carbocycles. The van der Waals surface area contributed by atoms with E-state index in [1.54, 1.807) is 11.0 Å². The molecule has 1 fully saturated rings. The van der Waals surface area contributed by atoms with Crippen molar-refractivity contribution in [1.82, 2.24) is 19.7 Å². The number of thioether (sulfide) groups is 1. The summed E-state index contributed by atoms with van der Waals surface area (Å²) in [5.74, 6) is 0.109. The number of nitrogens with zero attached hydrogens (tertiary/aromatic N) is 4. The lowest BCUT2D eigenvalue weighted by Gasteiger charge is -2.36. The maximum absolute atomic E-state index is 12.7. The molecule has 0 saturated carbocycles. The Morgan fingerprint density at radius 3 is 2.58 bits per heavy atom. The minimum atomic E-state index is -0.228. The number of morpholine rings is 1. The van der Waals surface area contributed by atoms with E-state index in [0.29, 0.717) is 18.2 Å². The number of ether oxygens (including phenoxy) is 1. The van der Waals surface area contributed by atoms with Gasteiger partial charge in [-0.05, 0) is 32.9 Å². The molecule has 1 amide bonds. The zero-order valence-corrected chi connectivity index (χ0v) is 14.9. The van der Waals surface area contributed by atoms with Crippen LogP contribution in [0.4, 0.5) is 0 Å². The van der Waals surface area contributed by atoms with Crippen molar-refractivity contribution in [1.29, 1.82) is 0 Å². The van der Waals surface area contributed by atoms with Crippen molar-refractivity contribution in [2.75, 3.05) is 13.1 Å². The van der Waals surface area contributed by atoms with Gasteiger partial charge in [0.25, 0.3) is 0 Å². The first kappa shape index (κ1) is 17.0. The predicted octanol–water partition coefficient (Wildman–Crippen LogP) is 2.38. The number of amides is 1. The normalized spacial score (nSPS) is 22.4. The van der Waals surface area contributed by atoms with E-state index in [1.165, 1.54) is 11.8 Å². The van der Waals surface area contributed by atoms with Crippen molar-refractivity contribution < 1.29 is 9.53 Å². The van der Waals surface area contributed by atoms with Gasteiger partial charge in [-0.1, -0.05) is 30.0 Å². The number of hydrogen-bond acceptors (Lipinski definition) is 5. The molecule has 1 aliphatic rings. The van der Waals surface area contributed by atoms with E-state index in [4.69, 9.17) is 4.74 Å².